The number of nitro benzene ring substituents is 1. The number of nitrogens with one attached hydrogen (secondary N) is 1. The highest BCUT2D eigenvalue weighted by molar-refractivity contribution is 7.90. The van der Waals surface area contributed by atoms with Crippen LogP contribution in [0.5, 0.6) is 0 Å². The van der Waals surface area contributed by atoms with Gasteiger partial charge in [0.25, 0.3) is 21.6 Å². The van der Waals surface area contributed by atoms with E-state index in [1.54, 1.807) is 0 Å². The molecule has 0 fully saturated rings. The molecule has 2 aromatic rings. The molecule has 2 aromatic carbocycles. The van der Waals surface area contributed by atoms with Gasteiger partial charge in [0, 0.05) is 12.1 Å². The number of nitrogens with zero attached hydrogens (tertiary/aromatic N) is 2. The van der Waals surface area contributed by atoms with Crippen LogP contribution in [0.15, 0.2) is 47.4 Å². The Bertz CT molecular complexity index is 1050. The molecule has 0 saturated heterocycles. The summed E-state index contributed by atoms with van der Waals surface area (Å²) in [6, 6.07) is 9.03. The molecule has 0 unspecified atom stereocenters. The second kappa shape index (κ2) is 6.39. The first kappa shape index (κ1) is 17.8. The number of anilines is 1. The Hall–Kier alpha value is -2.98. The highest BCUT2D eigenvalue weighted by atomic mass is 35.5. The van der Waals surface area contributed by atoms with Gasteiger partial charge in [0.15, 0.2) is 0 Å². The first-order valence-electron chi connectivity index (χ1n) is 7.11. The van der Waals surface area contributed by atoms with E-state index in [1.807, 2.05) is 0 Å². The highest BCUT2D eigenvalue weighted by Crippen LogP contribution is 2.30. The number of sulfonamides is 1. The van der Waals surface area contributed by atoms with Crippen LogP contribution in [0.25, 0.3) is 0 Å². The fourth-order valence-electron chi connectivity index (χ4n) is 2.43. The molecule has 1 heterocycles. The number of hydrogen-bond acceptors (Lipinski definition) is 6. The first-order chi connectivity index (χ1) is 12.2. The van der Waals surface area contributed by atoms with Crippen LogP contribution in [0.4, 0.5) is 11.4 Å². The van der Waals surface area contributed by atoms with E-state index in [-0.39, 0.29) is 26.9 Å². The fraction of sp³-hybridized carbons (Fsp3) is 0.0667. The highest BCUT2D eigenvalue weighted by Gasteiger charge is 2.41. The Morgan fingerprint density at radius 2 is 1.92 bits per heavy atom. The van der Waals surface area contributed by atoms with Crippen molar-refractivity contribution in [2.24, 2.45) is 0 Å². The lowest BCUT2D eigenvalue weighted by Gasteiger charge is -2.15. The molecular formula is C15H10ClN3O6S. The van der Waals surface area contributed by atoms with Crippen LogP contribution < -0.4 is 5.32 Å². The Morgan fingerprint density at radius 3 is 2.58 bits per heavy atom. The van der Waals surface area contributed by atoms with Crippen LogP contribution in [0, 0.1) is 10.1 Å². The van der Waals surface area contributed by atoms with Crippen molar-refractivity contribution in [2.45, 2.75) is 4.90 Å². The lowest BCUT2D eigenvalue weighted by Crippen LogP contribution is -2.37. The van der Waals surface area contributed by atoms with E-state index in [2.05, 4.69) is 5.32 Å². The van der Waals surface area contributed by atoms with E-state index >= 15 is 0 Å². The number of non-ortho nitro benzene ring substituents is 1. The van der Waals surface area contributed by atoms with Gasteiger partial charge in [0.05, 0.1) is 21.2 Å². The number of carbonyl (C=O) groups is 2. The minimum Gasteiger partial charge on any atom is -0.323 e. The van der Waals surface area contributed by atoms with Crippen molar-refractivity contribution in [2.75, 3.05) is 11.9 Å². The number of carbonyl (C=O) groups excluding carboxylic acids is 2. The standard InChI is InChI=1S/C15H10ClN3O6S/c16-11-6-5-9(19(22)23)7-12(11)17-14(20)8-18-15(21)10-3-1-2-4-13(10)26(18,24)25/h1-7H,8H2,(H,17,20). The Labute approximate surface area is 152 Å². The van der Waals surface area contributed by atoms with Crippen LogP contribution in [0.1, 0.15) is 10.4 Å². The summed E-state index contributed by atoms with van der Waals surface area (Å²) >= 11 is 5.88. The van der Waals surface area contributed by atoms with E-state index < -0.39 is 33.3 Å². The van der Waals surface area contributed by atoms with Gasteiger partial charge < -0.3 is 5.32 Å². The van der Waals surface area contributed by atoms with E-state index in [0.29, 0.717) is 4.31 Å². The maximum Gasteiger partial charge on any atom is 0.271 e. The lowest BCUT2D eigenvalue weighted by atomic mass is 10.2. The molecule has 1 aliphatic rings. The summed E-state index contributed by atoms with van der Waals surface area (Å²) in [6.45, 7) is -0.783. The van der Waals surface area contributed by atoms with Crippen molar-refractivity contribution in [1.29, 1.82) is 0 Å². The quantitative estimate of drug-likeness (QED) is 0.623. The van der Waals surface area contributed by atoms with Gasteiger partial charge in [-0.25, -0.2) is 12.7 Å². The van der Waals surface area contributed by atoms with Crippen LogP contribution in [-0.2, 0) is 14.8 Å². The van der Waals surface area contributed by atoms with Gasteiger partial charge in [-0.05, 0) is 18.2 Å². The molecule has 1 N–H and O–H groups in total. The molecule has 1 aliphatic heterocycles. The van der Waals surface area contributed by atoms with Crippen molar-refractivity contribution in [3.63, 3.8) is 0 Å². The first-order valence-corrected chi connectivity index (χ1v) is 8.93. The average molecular weight is 396 g/mol. The normalized spacial score (nSPS) is 14.8. The van der Waals surface area contributed by atoms with E-state index in [0.717, 1.165) is 12.1 Å². The zero-order valence-electron chi connectivity index (χ0n) is 12.9. The van der Waals surface area contributed by atoms with Crippen molar-refractivity contribution in [1.82, 2.24) is 4.31 Å². The molecule has 0 spiro atoms. The van der Waals surface area contributed by atoms with Gasteiger partial charge in [-0.2, -0.15) is 0 Å². The summed E-state index contributed by atoms with van der Waals surface area (Å²) in [5.41, 5.74) is -0.386. The molecule has 3 rings (SSSR count). The molecule has 0 radical (unpaired) electrons. The summed E-state index contributed by atoms with van der Waals surface area (Å²) < 4.78 is 25.2. The number of rotatable bonds is 4. The Kier molecular flexibility index (Phi) is 4.38. The van der Waals surface area contributed by atoms with Gasteiger partial charge in [-0.3, -0.25) is 19.7 Å². The molecule has 2 amide bonds. The summed E-state index contributed by atoms with van der Waals surface area (Å²) in [5.74, 6) is -1.68. The zero-order valence-corrected chi connectivity index (χ0v) is 14.5. The van der Waals surface area contributed by atoms with E-state index in [4.69, 9.17) is 11.6 Å². The maximum atomic E-state index is 12.4. The minimum absolute atomic E-state index is 0.0197. The molecule has 0 atom stereocenters. The van der Waals surface area contributed by atoms with Gasteiger partial charge in [-0.1, -0.05) is 23.7 Å². The van der Waals surface area contributed by atoms with Crippen molar-refractivity contribution >= 4 is 44.8 Å². The summed E-state index contributed by atoms with van der Waals surface area (Å²) in [6.07, 6.45) is 0. The minimum atomic E-state index is -4.13. The van der Waals surface area contributed by atoms with Gasteiger partial charge in [0.1, 0.15) is 11.4 Å². The molecule has 9 nitrogen and oxygen atoms in total. The number of amides is 2. The summed E-state index contributed by atoms with van der Waals surface area (Å²) in [7, 11) is -4.13. The molecule has 11 heteroatoms. The van der Waals surface area contributed by atoms with Crippen LogP contribution in [0.2, 0.25) is 5.02 Å². The number of nitro groups is 1. The molecule has 134 valence electrons. The molecule has 0 aliphatic carbocycles. The fourth-order valence-corrected chi connectivity index (χ4v) is 4.12. The molecule has 26 heavy (non-hydrogen) atoms. The molecule has 0 bridgehead atoms. The van der Waals surface area contributed by atoms with Crippen LogP contribution >= 0.6 is 11.6 Å². The van der Waals surface area contributed by atoms with Gasteiger partial charge in [-0.15, -0.1) is 0 Å². The maximum absolute atomic E-state index is 12.4. The molecule has 0 saturated carbocycles. The van der Waals surface area contributed by atoms with Crippen LogP contribution in [-0.4, -0.2) is 36.0 Å². The topological polar surface area (TPSA) is 127 Å². The van der Waals surface area contributed by atoms with Crippen molar-refractivity contribution in [3.05, 3.63) is 63.2 Å². The number of fused-ring (bicyclic) bond motifs is 1. The van der Waals surface area contributed by atoms with Gasteiger partial charge in [0.2, 0.25) is 5.91 Å². The second-order valence-electron chi connectivity index (χ2n) is 5.28. The van der Waals surface area contributed by atoms with E-state index in [1.165, 1.54) is 30.3 Å². The SMILES string of the molecule is O=C(CN1C(=O)c2ccccc2S1(=O)=O)Nc1cc([N+](=O)[O-])ccc1Cl. The number of hydrogen-bond donors (Lipinski definition) is 1. The largest absolute Gasteiger partial charge is 0.323 e. The van der Waals surface area contributed by atoms with Crippen LogP contribution in [0.3, 0.4) is 0 Å². The predicted octanol–water partition coefficient (Wildman–Crippen LogP) is 2.03. The number of benzene rings is 2. The number of halogens is 1. The third kappa shape index (κ3) is 3.00. The predicted molar refractivity (Wildman–Crippen MR) is 91.4 cm³/mol. The average Bonchev–Trinajstić information content (AvgIpc) is 2.78. The van der Waals surface area contributed by atoms with E-state index in [9.17, 15) is 28.1 Å². The lowest BCUT2D eigenvalue weighted by molar-refractivity contribution is -0.384. The smallest absolute Gasteiger partial charge is 0.271 e. The van der Waals surface area contributed by atoms with Gasteiger partial charge >= 0.3 is 0 Å². The summed E-state index contributed by atoms with van der Waals surface area (Å²) in [4.78, 5) is 34.4. The Balaban J connectivity index is 1.83. The Morgan fingerprint density at radius 1 is 1.23 bits per heavy atom. The molecular weight excluding hydrogens is 386 g/mol. The van der Waals surface area contributed by atoms with Crippen molar-refractivity contribution in [3.8, 4) is 0 Å². The third-order valence-electron chi connectivity index (χ3n) is 3.63. The zero-order chi connectivity index (χ0) is 19.1. The summed E-state index contributed by atoms with van der Waals surface area (Å²) in [5, 5.41) is 13.1. The monoisotopic (exact) mass is 395 g/mol. The van der Waals surface area contributed by atoms with Crippen molar-refractivity contribution < 1.29 is 22.9 Å². The molecule has 0 aromatic heterocycles. The third-order valence-corrected chi connectivity index (χ3v) is 5.75. The second-order valence-corrected chi connectivity index (χ2v) is 7.52.